The Hall–Kier alpha value is -5.22. The number of carbonyl (C=O) groups excluding carboxylic acids is 6. The van der Waals surface area contributed by atoms with Crippen LogP contribution in [0.2, 0.25) is 0 Å². The highest BCUT2D eigenvalue weighted by molar-refractivity contribution is 6.17. The molecule has 6 N–H and O–H groups in total. The molecule has 1 saturated carbocycles. The standard InChI is InChI=1S/C40H56N10O6/c1-26(51)40(37(55)46-39(40)17-16-32-33(25-39)45-38(56)44-32)48-47-31-14-12-30(13-15-31)43-36(54)29-23-27(34(52)41-18-8-6-10-20-49(2)3)22-28(24-29)35(53)42-19-9-7-11-21-50(4)5/h12-15,22-24,32-33H,6-11,16-21,25H2,1-5H3,(H,41,52)(H,42,53)(H,43,54)(H,46,55)(H2,44,45,56). The first-order valence-corrected chi connectivity index (χ1v) is 19.5. The van der Waals surface area contributed by atoms with Crippen molar-refractivity contribution in [2.45, 2.75) is 87.9 Å². The normalized spacial score (nSPS) is 22.6. The van der Waals surface area contributed by atoms with Crippen molar-refractivity contribution in [3.63, 3.8) is 0 Å². The average molecular weight is 773 g/mol. The zero-order valence-electron chi connectivity index (χ0n) is 33.1. The molecule has 302 valence electrons. The lowest BCUT2D eigenvalue weighted by Gasteiger charge is -2.57. The average Bonchev–Trinajstić information content (AvgIpc) is 3.53. The van der Waals surface area contributed by atoms with Gasteiger partial charge in [0, 0.05) is 35.5 Å². The third kappa shape index (κ3) is 9.95. The van der Waals surface area contributed by atoms with E-state index in [0.29, 0.717) is 43.7 Å². The molecule has 2 aromatic rings. The second kappa shape index (κ2) is 18.6. The Labute approximate surface area is 328 Å². The number of azo groups is 1. The number of hydrogen-bond donors (Lipinski definition) is 6. The topological polar surface area (TPSA) is 206 Å². The van der Waals surface area contributed by atoms with Crippen molar-refractivity contribution in [3.05, 3.63) is 59.2 Å². The van der Waals surface area contributed by atoms with E-state index >= 15 is 0 Å². The van der Waals surface area contributed by atoms with Crippen molar-refractivity contribution in [2.75, 3.05) is 59.7 Å². The third-order valence-electron chi connectivity index (χ3n) is 10.7. The van der Waals surface area contributed by atoms with E-state index in [2.05, 4.69) is 51.9 Å². The Morgan fingerprint density at radius 2 is 1.29 bits per heavy atom. The number of carbonyl (C=O) groups is 6. The van der Waals surface area contributed by atoms with Gasteiger partial charge in [-0.3, -0.25) is 24.0 Å². The van der Waals surface area contributed by atoms with Crippen LogP contribution in [0.3, 0.4) is 0 Å². The quantitative estimate of drug-likeness (QED) is 0.0539. The summed E-state index contributed by atoms with van der Waals surface area (Å²) in [5.74, 6) is -2.24. The van der Waals surface area contributed by atoms with Crippen LogP contribution < -0.4 is 31.9 Å². The summed E-state index contributed by atoms with van der Waals surface area (Å²) in [4.78, 5) is 82.3. The number of urea groups is 1. The fourth-order valence-corrected chi connectivity index (χ4v) is 7.67. The smallest absolute Gasteiger partial charge is 0.315 e. The van der Waals surface area contributed by atoms with Crippen molar-refractivity contribution in [2.24, 2.45) is 10.2 Å². The van der Waals surface area contributed by atoms with Crippen LogP contribution in [0.5, 0.6) is 0 Å². The largest absolute Gasteiger partial charge is 0.352 e. The number of benzene rings is 2. The van der Waals surface area contributed by atoms with E-state index in [1.54, 1.807) is 24.3 Å². The Morgan fingerprint density at radius 3 is 1.80 bits per heavy atom. The number of β-lactam (4-membered cyclic amide) rings is 1. The maximum absolute atomic E-state index is 13.6. The number of hydrogen-bond acceptors (Lipinski definition) is 10. The predicted molar refractivity (Wildman–Crippen MR) is 212 cm³/mol. The molecule has 6 amide bonds. The van der Waals surface area contributed by atoms with Crippen LogP contribution >= 0.6 is 0 Å². The van der Waals surface area contributed by atoms with Crippen LogP contribution in [0.1, 0.15) is 95.8 Å². The van der Waals surface area contributed by atoms with Crippen LogP contribution in [0.15, 0.2) is 52.7 Å². The monoisotopic (exact) mass is 772 g/mol. The highest BCUT2D eigenvalue weighted by Gasteiger charge is 2.72. The molecule has 3 fully saturated rings. The van der Waals surface area contributed by atoms with Gasteiger partial charge < -0.3 is 41.7 Å². The summed E-state index contributed by atoms with van der Waals surface area (Å²) in [7, 11) is 8.08. The Kier molecular flexibility index (Phi) is 13.9. The molecular formula is C40H56N10O6. The number of anilines is 1. The molecule has 3 aliphatic rings. The molecule has 2 saturated heterocycles. The molecule has 0 aromatic heterocycles. The molecular weight excluding hydrogens is 717 g/mol. The molecule has 2 aliphatic heterocycles. The fourth-order valence-electron chi connectivity index (χ4n) is 7.67. The molecule has 0 bridgehead atoms. The lowest BCUT2D eigenvalue weighted by atomic mass is 9.58. The number of ketones is 1. The van der Waals surface area contributed by atoms with E-state index in [-0.39, 0.29) is 46.6 Å². The van der Waals surface area contributed by atoms with E-state index in [4.69, 9.17) is 0 Å². The van der Waals surface area contributed by atoms with E-state index < -0.39 is 28.7 Å². The fraction of sp³-hybridized carbons (Fsp3) is 0.550. The minimum absolute atomic E-state index is 0.0839. The second-order valence-electron chi connectivity index (χ2n) is 15.6. The lowest BCUT2D eigenvalue weighted by molar-refractivity contribution is -0.155. The third-order valence-corrected chi connectivity index (χ3v) is 10.7. The van der Waals surface area contributed by atoms with Gasteiger partial charge in [0.15, 0.2) is 5.78 Å². The maximum Gasteiger partial charge on any atom is 0.315 e. The van der Waals surface area contributed by atoms with Crippen LogP contribution in [0.4, 0.5) is 16.2 Å². The first kappa shape index (κ1) is 41.9. The van der Waals surface area contributed by atoms with Crippen LogP contribution in [0.25, 0.3) is 0 Å². The minimum atomic E-state index is -1.72. The number of amides is 6. The number of fused-ring (bicyclic) bond motifs is 1. The zero-order valence-corrected chi connectivity index (χ0v) is 33.1. The van der Waals surface area contributed by atoms with E-state index in [1.807, 2.05) is 28.2 Å². The van der Waals surface area contributed by atoms with Crippen molar-refractivity contribution in [1.82, 2.24) is 36.4 Å². The van der Waals surface area contributed by atoms with Crippen molar-refractivity contribution < 1.29 is 28.8 Å². The molecule has 1 aliphatic carbocycles. The van der Waals surface area contributed by atoms with E-state index in [0.717, 1.165) is 51.6 Å². The summed E-state index contributed by atoms with van der Waals surface area (Å²) in [5.41, 5.74) is -1.39. The van der Waals surface area contributed by atoms with Gasteiger partial charge in [-0.1, -0.05) is 12.8 Å². The summed E-state index contributed by atoms with van der Waals surface area (Å²) in [6, 6.07) is 10.2. The number of rotatable bonds is 19. The molecule has 0 radical (unpaired) electrons. The lowest BCUT2D eigenvalue weighted by Crippen LogP contribution is -2.84. The van der Waals surface area contributed by atoms with Gasteiger partial charge in [-0.05, 0) is 136 Å². The zero-order chi connectivity index (χ0) is 40.5. The molecule has 56 heavy (non-hydrogen) atoms. The molecule has 5 rings (SSSR count). The minimum Gasteiger partial charge on any atom is -0.352 e. The van der Waals surface area contributed by atoms with Gasteiger partial charge in [-0.25, -0.2) is 4.79 Å². The summed E-state index contributed by atoms with van der Waals surface area (Å²) in [5, 5.41) is 26.0. The van der Waals surface area contributed by atoms with Gasteiger partial charge in [0.25, 0.3) is 23.6 Å². The number of Topliss-reactive ketones (excluding diaryl/α,β-unsaturated/α-hetero) is 1. The summed E-state index contributed by atoms with van der Waals surface area (Å²) in [6.07, 6.45) is 6.90. The Bertz CT molecular complexity index is 1750. The van der Waals surface area contributed by atoms with E-state index in [1.165, 1.54) is 25.1 Å². The molecule has 2 aromatic carbocycles. The Morgan fingerprint density at radius 1 is 0.750 bits per heavy atom. The van der Waals surface area contributed by atoms with Gasteiger partial charge in [-0.15, -0.1) is 0 Å². The van der Waals surface area contributed by atoms with Crippen molar-refractivity contribution >= 4 is 46.8 Å². The maximum atomic E-state index is 13.6. The van der Waals surface area contributed by atoms with E-state index in [9.17, 15) is 28.8 Å². The number of unbranched alkanes of at least 4 members (excludes halogenated alkanes) is 4. The van der Waals surface area contributed by atoms with Crippen LogP contribution in [-0.4, -0.2) is 123 Å². The Balaban J connectivity index is 1.26. The molecule has 4 unspecified atom stereocenters. The first-order chi connectivity index (χ1) is 26.7. The molecule has 2 heterocycles. The van der Waals surface area contributed by atoms with Crippen LogP contribution in [0, 0.1) is 0 Å². The highest BCUT2D eigenvalue weighted by atomic mass is 16.2. The van der Waals surface area contributed by atoms with Crippen molar-refractivity contribution in [3.8, 4) is 0 Å². The van der Waals surface area contributed by atoms with Gasteiger partial charge in [0.2, 0.25) is 5.54 Å². The highest BCUT2D eigenvalue weighted by Crippen LogP contribution is 2.47. The SMILES string of the molecule is CC(=O)C1(N=Nc2ccc(NC(=O)c3cc(C(=O)NCCCCCN(C)C)cc(C(=O)NCCCCCN(C)C)c3)cc2)C(=O)NC12CCC1NC(=O)NC1C2. The second-order valence-corrected chi connectivity index (χ2v) is 15.6. The molecule has 4 atom stereocenters. The molecule has 16 heteroatoms. The van der Waals surface area contributed by atoms with Gasteiger partial charge in [0.1, 0.15) is 0 Å². The van der Waals surface area contributed by atoms with Gasteiger partial charge in [-0.2, -0.15) is 10.2 Å². The summed E-state index contributed by atoms with van der Waals surface area (Å²) >= 11 is 0. The number of nitrogens with zero attached hydrogens (tertiary/aromatic N) is 4. The predicted octanol–water partition coefficient (Wildman–Crippen LogP) is 3.38. The first-order valence-electron chi connectivity index (χ1n) is 19.5. The molecule has 16 nitrogen and oxygen atoms in total. The summed E-state index contributed by atoms with van der Waals surface area (Å²) < 4.78 is 0. The van der Waals surface area contributed by atoms with Gasteiger partial charge >= 0.3 is 6.03 Å². The summed E-state index contributed by atoms with van der Waals surface area (Å²) in [6.45, 7) is 4.19. The van der Waals surface area contributed by atoms with Crippen molar-refractivity contribution in [1.29, 1.82) is 0 Å². The van der Waals surface area contributed by atoms with Crippen LogP contribution in [-0.2, 0) is 9.59 Å². The van der Waals surface area contributed by atoms with Gasteiger partial charge in [0.05, 0.1) is 23.3 Å². The molecule has 1 spiro atoms. The number of nitrogens with one attached hydrogen (secondary N) is 6.